The number of aryl methyl sites for hydroxylation is 1. The molecule has 1 heterocycles. The van der Waals surface area contributed by atoms with Crippen LogP contribution < -0.4 is 5.32 Å². The van der Waals surface area contributed by atoms with Gasteiger partial charge in [-0.25, -0.2) is 4.98 Å². The number of carbonyl (C=O) groups is 1. The molecule has 1 saturated carbocycles. The third kappa shape index (κ3) is 4.60. The molecule has 0 radical (unpaired) electrons. The Kier molecular flexibility index (Phi) is 5.37. The van der Waals surface area contributed by atoms with Gasteiger partial charge in [0.15, 0.2) is 0 Å². The summed E-state index contributed by atoms with van der Waals surface area (Å²) < 4.78 is 0.798. The zero-order valence-electron chi connectivity index (χ0n) is 11.4. The van der Waals surface area contributed by atoms with E-state index >= 15 is 0 Å². The lowest BCUT2D eigenvalue weighted by atomic mass is 9.96. The summed E-state index contributed by atoms with van der Waals surface area (Å²) in [5.74, 6) is 0.685. The molecule has 1 fully saturated rings. The molecule has 0 aromatic carbocycles. The molecule has 1 aliphatic rings. The first-order valence-electron chi connectivity index (χ1n) is 7.08. The highest BCUT2D eigenvalue weighted by molar-refractivity contribution is 9.10. The van der Waals surface area contributed by atoms with E-state index < -0.39 is 0 Å². The normalized spacial score (nSPS) is 16.9. The number of amides is 1. The first-order valence-corrected chi connectivity index (χ1v) is 7.87. The number of hydrogen-bond donors (Lipinski definition) is 1. The van der Waals surface area contributed by atoms with Crippen molar-refractivity contribution in [2.75, 3.05) is 5.32 Å². The van der Waals surface area contributed by atoms with Crippen LogP contribution in [0.25, 0.3) is 0 Å². The molecule has 0 unspecified atom stereocenters. The van der Waals surface area contributed by atoms with E-state index in [0.717, 1.165) is 16.0 Å². The minimum atomic E-state index is 0.124. The monoisotopic (exact) mass is 324 g/mol. The van der Waals surface area contributed by atoms with Crippen LogP contribution in [0.1, 0.15) is 50.6 Å². The number of halogens is 1. The lowest BCUT2D eigenvalue weighted by Gasteiger charge is -2.14. The van der Waals surface area contributed by atoms with Gasteiger partial charge in [-0.2, -0.15) is 0 Å². The van der Waals surface area contributed by atoms with Crippen LogP contribution in [0.5, 0.6) is 0 Å². The van der Waals surface area contributed by atoms with Crippen molar-refractivity contribution in [3.8, 4) is 0 Å². The van der Waals surface area contributed by atoms with Crippen LogP contribution in [0.2, 0.25) is 0 Å². The average molecular weight is 325 g/mol. The number of carbonyl (C=O) groups excluding carboxylic acids is 1. The van der Waals surface area contributed by atoms with Gasteiger partial charge >= 0.3 is 0 Å². The van der Waals surface area contributed by atoms with Gasteiger partial charge in [-0.05, 0) is 53.7 Å². The van der Waals surface area contributed by atoms with Gasteiger partial charge in [0.2, 0.25) is 5.91 Å². The number of rotatable bonds is 3. The summed E-state index contributed by atoms with van der Waals surface area (Å²) in [4.78, 5) is 16.4. The number of nitrogens with one attached hydrogen (secondary N) is 1. The van der Waals surface area contributed by atoms with Gasteiger partial charge in [-0.3, -0.25) is 4.79 Å². The second-order valence-corrected chi connectivity index (χ2v) is 6.19. The molecule has 0 spiro atoms. The molecular weight excluding hydrogens is 304 g/mol. The molecule has 1 aliphatic carbocycles. The predicted octanol–water partition coefficient (Wildman–Crippen LogP) is 4.45. The quantitative estimate of drug-likeness (QED) is 0.659. The van der Waals surface area contributed by atoms with E-state index in [1.54, 1.807) is 0 Å². The summed E-state index contributed by atoms with van der Waals surface area (Å²) in [5.41, 5.74) is 1.67. The predicted molar refractivity (Wildman–Crippen MR) is 81.1 cm³/mol. The first-order chi connectivity index (χ1) is 9.15. The molecule has 1 amide bonds. The third-order valence-electron chi connectivity index (χ3n) is 3.77. The minimum Gasteiger partial charge on any atom is -0.324 e. The zero-order chi connectivity index (χ0) is 13.7. The number of pyridine rings is 1. The number of anilines is 1. The Balaban J connectivity index is 1.89. The maximum atomic E-state index is 12.1. The van der Waals surface area contributed by atoms with Crippen LogP contribution in [0.4, 0.5) is 5.69 Å². The fourth-order valence-corrected chi connectivity index (χ4v) is 3.09. The third-order valence-corrected chi connectivity index (χ3v) is 4.22. The largest absolute Gasteiger partial charge is 0.324 e. The molecule has 19 heavy (non-hydrogen) atoms. The Morgan fingerprint density at radius 3 is 2.63 bits per heavy atom. The van der Waals surface area contributed by atoms with Gasteiger partial charge in [0, 0.05) is 6.42 Å². The van der Waals surface area contributed by atoms with E-state index in [-0.39, 0.29) is 5.91 Å². The topological polar surface area (TPSA) is 42.0 Å². The minimum absolute atomic E-state index is 0.124. The summed E-state index contributed by atoms with van der Waals surface area (Å²) in [5, 5.41) is 2.98. The second kappa shape index (κ2) is 7.04. The maximum Gasteiger partial charge on any atom is 0.224 e. The molecule has 1 N–H and O–H groups in total. The second-order valence-electron chi connectivity index (χ2n) is 5.38. The molecule has 0 saturated heterocycles. The van der Waals surface area contributed by atoms with Crippen molar-refractivity contribution in [1.82, 2.24) is 4.98 Å². The van der Waals surface area contributed by atoms with E-state index in [9.17, 15) is 4.79 Å². The van der Waals surface area contributed by atoms with Crippen LogP contribution in [-0.4, -0.2) is 10.9 Å². The van der Waals surface area contributed by atoms with Crippen LogP contribution in [0, 0.1) is 12.8 Å². The Bertz CT molecular complexity index is 440. The molecule has 2 rings (SSSR count). The van der Waals surface area contributed by atoms with Crippen molar-refractivity contribution in [1.29, 1.82) is 0 Å². The molecule has 4 heteroatoms. The van der Waals surface area contributed by atoms with Gasteiger partial charge in [-0.15, -0.1) is 0 Å². The molecule has 1 aromatic heterocycles. The van der Waals surface area contributed by atoms with E-state index in [1.165, 1.54) is 38.5 Å². The SMILES string of the molecule is Cc1nc(Br)ccc1NC(=O)CC1CCCCCC1. The van der Waals surface area contributed by atoms with Crippen LogP contribution >= 0.6 is 15.9 Å². The average Bonchev–Trinajstić information content (AvgIpc) is 2.61. The van der Waals surface area contributed by atoms with Crippen molar-refractivity contribution in [2.24, 2.45) is 5.92 Å². The van der Waals surface area contributed by atoms with Crippen molar-refractivity contribution < 1.29 is 4.79 Å². The lowest BCUT2D eigenvalue weighted by molar-refractivity contribution is -0.117. The van der Waals surface area contributed by atoms with Crippen molar-refractivity contribution in [3.63, 3.8) is 0 Å². The molecule has 0 aliphatic heterocycles. The Labute approximate surface area is 123 Å². The standard InChI is InChI=1S/C15H21BrN2O/c1-11-13(8-9-14(16)17-11)18-15(19)10-12-6-4-2-3-5-7-12/h8-9,12H,2-7,10H2,1H3,(H,18,19). The highest BCUT2D eigenvalue weighted by Crippen LogP contribution is 2.26. The van der Waals surface area contributed by atoms with Gasteiger partial charge in [0.25, 0.3) is 0 Å². The summed E-state index contributed by atoms with van der Waals surface area (Å²) in [6.07, 6.45) is 8.25. The number of nitrogens with zero attached hydrogens (tertiary/aromatic N) is 1. The van der Waals surface area contributed by atoms with Crippen molar-refractivity contribution in [3.05, 3.63) is 22.4 Å². The lowest BCUT2D eigenvalue weighted by Crippen LogP contribution is -2.17. The Morgan fingerprint density at radius 2 is 2.00 bits per heavy atom. The first kappa shape index (κ1) is 14.5. The number of aromatic nitrogens is 1. The molecule has 104 valence electrons. The highest BCUT2D eigenvalue weighted by Gasteiger charge is 2.16. The Hall–Kier alpha value is -0.900. The fraction of sp³-hybridized carbons (Fsp3) is 0.600. The van der Waals surface area contributed by atoms with E-state index in [0.29, 0.717) is 12.3 Å². The van der Waals surface area contributed by atoms with Gasteiger partial charge in [-0.1, -0.05) is 25.7 Å². The van der Waals surface area contributed by atoms with Gasteiger partial charge in [0.05, 0.1) is 11.4 Å². The van der Waals surface area contributed by atoms with E-state index in [1.807, 2.05) is 19.1 Å². The van der Waals surface area contributed by atoms with Crippen LogP contribution in [0.3, 0.4) is 0 Å². The number of hydrogen-bond acceptors (Lipinski definition) is 2. The zero-order valence-corrected chi connectivity index (χ0v) is 13.0. The van der Waals surface area contributed by atoms with E-state index in [2.05, 4.69) is 26.2 Å². The molecule has 0 atom stereocenters. The summed E-state index contributed by atoms with van der Waals surface area (Å²) in [7, 11) is 0. The van der Waals surface area contributed by atoms with Crippen LogP contribution in [0.15, 0.2) is 16.7 Å². The van der Waals surface area contributed by atoms with Crippen molar-refractivity contribution in [2.45, 2.75) is 51.9 Å². The van der Waals surface area contributed by atoms with Crippen LogP contribution in [-0.2, 0) is 4.79 Å². The van der Waals surface area contributed by atoms with Gasteiger partial charge < -0.3 is 5.32 Å². The Morgan fingerprint density at radius 1 is 1.32 bits per heavy atom. The van der Waals surface area contributed by atoms with Crippen molar-refractivity contribution >= 4 is 27.5 Å². The summed E-state index contributed by atoms with van der Waals surface area (Å²) in [6, 6.07) is 3.76. The molecule has 0 bridgehead atoms. The van der Waals surface area contributed by atoms with Gasteiger partial charge in [0.1, 0.15) is 4.60 Å². The molecule has 3 nitrogen and oxygen atoms in total. The summed E-state index contributed by atoms with van der Waals surface area (Å²) >= 11 is 3.33. The smallest absolute Gasteiger partial charge is 0.224 e. The molecule has 1 aromatic rings. The highest BCUT2D eigenvalue weighted by atomic mass is 79.9. The fourth-order valence-electron chi connectivity index (χ4n) is 2.69. The molecular formula is C15H21BrN2O. The van der Waals surface area contributed by atoms with E-state index in [4.69, 9.17) is 0 Å². The summed E-state index contributed by atoms with van der Waals surface area (Å²) in [6.45, 7) is 1.91. The maximum absolute atomic E-state index is 12.1.